The number of hydrogen-bond acceptors (Lipinski definition) is 4. The van der Waals surface area contributed by atoms with E-state index < -0.39 is 28.5 Å². The molecule has 0 spiro atoms. The van der Waals surface area contributed by atoms with Crippen molar-refractivity contribution in [2.45, 2.75) is 51.6 Å². The summed E-state index contributed by atoms with van der Waals surface area (Å²) in [6.07, 6.45) is 0.381. The quantitative estimate of drug-likeness (QED) is 0.430. The van der Waals surface area contributed by atoms with Gasteiger partial charge in [-0.2, -0.15) is 0 Å². The van der Waals surface area contributed by atoms with Crippen LogP contribution in [0.15, 0.2) is 77.7 Å². The summed E-state index contributed by atoms with van der Waals surface area (Å²) in [5.41, 5.74) is 3.96. The molecule has 0 heterocycles. The van der Waals surface area contributed by atoms with Gasteiger partial charge in [0.25, 0.3) is 10.0 Å². The van der Waals surface area contributed by atoms with Crippen LogP contribution in [0.1, 0.15) is 35.6 Å². The molecule has 0 bridgehead atoms. The number of nitrogens with one attached hydrogen (secondary N) is 1. The van der Waals surface area contributed by atoms with Gasteiger partial charge in [-0.1, -0.05) is 67.1 Å². The molecule has 8 heteroatoms. The number of anilines is 1. The van der Waals surface area contributed by atoms with E-state index in [-0.39, 0.29) is 17.3 Å². The molecule has 3 aromatic carbocycles. The lowest BCUT2D eigenvalue weighted by atomic mass is 10.1. The van der Waals surface area contributed by atoms with Gasteiger partial charge in [0.1, 0.15) is 12.6 Å². The first-order valence-electron chi connectivity index (χ1n) is 12.3. The average molecular weight is 522 g/mol. The number of likely N-dealkylation sites (N-methyl/N-ethyl adjacent to an activating group) is 1. The molecule has 0 fully saturated rings. The molecular weight excluding hydrogens is 486 g/mol. The molecule has 3 aromatic rings. The summed E-state index contributed by atoms with van der Waals surface area (Å²) in [4.78, 5) is 28.3. The Bertz CT molecular complexity index is 1340. The first-order valence-corrected chi connectivity index (χ1v) is 13.7. The molecule has 7 nitrogen and oxygen atoms in total. The van der Waals surface area contributed by atoms with Crippen LogP contribution in [0.25, 0.3) is 0 Å². The molecule has 1 N–H and O–H groups in total. The summed E-state index contributed by atoms with van der Waals surface area (Å²) in [5, 5.41) is 2.64. The minimum absolute atomic E-state index is 0.0899. The van der Waals surface area contributed by atoms with Gasteiger partial charge in [-0.25, -0.2) is 8.42 Å². The summed E-state index contributed by atoms with van der Waals surface area (Å²) in [5.74, 6) is -0.761. The van der Waals surface area contributed by atoms with Gasteiger partial charge in [-0.15, -0.1) is 0 Å². The minimum Gasteiger partial charge on any atom is -0.357 e. The molecule has 0 aliphatic carbocycles. The summed E-state index contributed by atoms with van der Waals surface area (Å²) in [7, 11) is -2.54. The number of benzene rings is 3. The first-order chi connectivity index (χ1) is 17.6. The van der Waals surface area contributed by atoms with Crippen LogP contribution >= 0.6 is 0 Å². The van der Waals surface area contributed by atoms with Crippen molar-refractivity contribution in [3.63, 3.8) is 0 Å². The Morgan fingerprint density at radius 2 is 1.51 bits per heavy atom. The maximum Gasteiger partial charge on any atom is 0.264 e. The number of rotatable bonds is 10. The maximum absolute atomic E-state index is 13.9. The van der Waals surface area contributed by atoms with Crippen molar-refractivity contribution in [2.75, 3.05) is 17.9 Å². The van der Waals surface area contributed by atoms with E-state index in [1.807, 2.05) is 64.1 Å². The van der Waals surface area contributed by atoms with Crippen molar-refractivity contribution >= 4 is 27.5 Å². The number of amides is 2. The van der Waals surface area contributed by atoms with E-state index in [1.165, 1.54) is 24.1 Å². The summed E-state index contributed by atoms with van der Waals surface area (Å²) < 4.78 is 28.9. The van der Waals surface area contributed by atoms with Crippen molar-refractivity contribution < 1.29 is 18.0 Å². The normalized spacial score (nSPS) is 12.0. The van der Waals surface area contributed by atoms with Gasteiger partial charge in [0.15, 0.2) is 0 Å². The van der Waals surface area contributed by atoms with Gasteiger partial charge in [0, 0.05) is 13.6 Å². The lowest BCUT2D eigenvalue weighted by Gasteiger charge is -2.33. The predicted molar refractivity (Wildman–Crippen MR) is 147 cm³/mol. The Morgan fingerprint density at radius 3 is 2.11 bits per heavy atom. The lowest BCUT2D eigenvalue weighted by molar-refractivity contribution is -0.140. The van der Waals surface area contributed by atoms with E-state index >= 15 is 0 Å². The van der Waals surface area contributed by atoms with Gasteiger partial charge < -0.3 is 10.2 Å². The van der Waals surface area contributed by atoms with Gasteiger partial charge in [0.2, 0.25) is 11.8 Å². The monoisotopic (exact) mass is 521 g/mol. The fourth-order valence-corrected chi connectivity index (χ4v) is 5.69. The average Bonchev–Trinajstić information content (AvgIpc) is 2.89. The summed E-state index contributed by atoms with van der Waals surface area (Å²) in [6, 6.07) is 20.5. The van der Waals surface area contributed by atoms with Crippen LogP contribution in [0.2, 0.25) is 0 Å². The summed E-state index contributed by atoms with van der Waals surface area (Å²) in [6.45, 7) is 7.23. The highest BCUT2D eigenvalue weighted by atomic mass is 32.2. The second kappa shape index (κ2) is 12.1. The number of sulfonamides is 1. The van der Waals surface area contributed by atoms with Crippen LogP contribution in [-0.2, 0) is 26.2 Å². The number of nitrogens with zero attached hydrogens (tertiary/aromatic N) is 2. The van der Waals surface area contributed by atoms with Crippen molar-refractivity contribution in [2.24, 2.45) is 0 Å². The third-order valence-electron chi connectivity index (χ3n) is 6.35. The highest BCUT2D eigenvalue weighted by molar-refractivity contribution is 7.92. The van der Waals surface area contributed by atoms with E-state index in [9.17, 15) is 18.0 Å². The molecule has 3 rings (SSSR count). The first kappa shape index (κ1) is 27.9. The van der Waals surface area contributed by atoms with Gasteiger partial charge in [0.05, 0.1) is 10.6 Å². The van der Waals surface area contributed by atoms with Crippen LogP contribution in [0.5, 0.6) is 0 Å². The highest BCUT2D eigenvalue weighted by Gasteiger charge is 2.33. The van der Waals surface area contributed by atoms with E-state index in [4.69, 9.17) is 0 Å². The van der Waals surface area contributed by atoms with Gasteiger partial charge in [-0.05, 0) is 62.1 Å². The molecule has 0 radical (unpaired) electrons. The van der Waals surface area contributed by atoms with Crippen molar-refractivity contribution in [1.29, 1.82) is 0 Å². The Morgan fingerprint density at radius 1 is 0.892 bits per heavy atom. The second-order valence-electron chi connectivity index (χ2n) is 9.16. The molecule has 0 aliphatic rings. The third kappa shape index (κ3) is 6.57. The molecular formula is C29H35N3O4S. The molecule has 0 aliphatic heterocycles. The van der Waals surface area contributed by atoms with E-state index in [0.717, 1.165) is 26.6 Å². The number of aryl methyl sites for hydroxylation is 3. The van der Waals surface area contributed by atoms with Crippen LogP contribution in [-0.4, -0.2) is 44.8 Å². The molecule has 37 heavy (non-hydrogen) atoms. The predicted octanol–water partition coefficient (Wildman–Crippen LogP) is 4.36. The van der Waals surface area contributed by atoms with Gasteiger partial charge >= 0.3 is 0 Å². The number of carbonyl (C=O) groups is 2. The Balaban J connectivity index is 2.09. The van der Waals surface area contributed by atoms with Crippen molar-refractivity contribution in [3.8, 4) is 0 Å². The van der Waals surface area contributed by atoms with Gasteiger partial charge in [-0.3, -0.25) is 13.9 Å². The van der Waals surface area contributed by atoms with Crippen LogP contribution < -0.4 is 9.62 Å². The van der Waals surface area contributed by atoms with Crippen LogP contribution in [0.4, 0.5) is 5.69 Å². The lowest BCUT2D eigenvalue weighted by Crippen LogP contribution is -2.51. The van der Waals surface area contributed by atoms with E-state index in [1.54, 1.807) is 24.3 Å². The SMILES string of the molecule is CCC(C(=O)NC)N(Cc1ccc(C)cc1)C(=O)CN(c1cc(C)ccc1C)S(=O)(=O)c1ccccc1. The third-order valence-corrected chi connectivity index (χ3v) is 8.12. The second-order valence-corrected chi connectivity index (χ2v) is 11.0. The smallest absolute Gasteiger partial charge is 0.264 e. The molecule has 0 saturated heterocycles. The fraction of sp³-hybridized carbons (Fsp3) is 0.310. The number of carbonyl (C=O) groups excluding carboxylic acids is 2. The van der Waals surface area contributed by atoms with Crippen molar-refractivity contribution in [3.05, 3.63) is 95.1 Å². The Hall–Kier alpha value is -3.65. The molecule has 0 saturated carbocycles. The molecule has 2 amide bonds. The zero-order valence-electron chi connectivity index (χ0n) is 22.1. The molecule has 1 atom stereocenters. The van der Waals surface area contributed by atoms with E-state index in [0.29, 0.717) is 12.1 Å². The number of hydrogen-bond donors (Lipinski definition) is 1. The van der Waals surface area contributed by atoms with Crippen LogP contribution in [0.3, 0.4) is 0 Å². The van der Waals surface area contributed by atoms with Crippen molar-refractivity contribution in [1.82, 2.24) is 10.2 Å². The molecule has 1 unspecified atom stereocenters. The summed E-state index contributed by atoms with van der Waals surface area (Å²) >= 11 is 0. The standard InChI is InChI=1S/C29H35N3O4S/c1-6-26(29(34)30-5)31(19-24-16-13-21(2)14-17-24)28(33)20-32(27-18-22(3)12-15-23(27)4)37(35,36)25-10-8-7-9-11-25/h7-18,26H,6,19-20H2,1-5H3,(H,30,34). The highest BCUT2D eigenvalue weighted by Crippen LogP contribution is 2.28. The molecule has 0 aromatic heterocycles. The van der Waals surface area contributed by atoms with E-state index in [2.05, 4.69) is 5.32 Å². The topological polar surface area (TPSA) is 86.8 Å². The fourth-order valence-electron chi connectivity index (χ4n) is 4.20. The minimum atomic E-state index is -4.07. The zero-order valence-corrected chi connectivity index (χ0v) is 22.9. The zero-order chi connectivity index (χ0) is 27.2. The molecule has 196 valence electrons. The van der Waals surface area contributed by atoms with Crippen LogP contribution in [0, 0.1) is 20.8 Å². The Kier molecular flexibility index (Phi) is 9.10. The maximum atomic E-state index is 13.9. The largest absolute Gasteiger partial charge is 0.357 e. The Labute approximate surface area is 220 Å².